The van der Waals surface area contributed by atoms with E-state index in [9.17, 15) is 21.6 Å². The third-order valence-electron chi connectivity index (χ3n) is 3.16. The zero-order valence-electron chi connectivity index (χ0n) is 10.9. The number of hydrogen-bond donors (Lipinski definition) is 2. The van der Waals surface area contributed by atoms with Gasteiger partial charge in [-0.3, -0.25) is 4.79 Å². The molecule has 0 aromatic heterocycles. The largest absolute Gasteiger partial charge is 0.480 e. The first-order chi connectivity index (χ1) is 8.55. The van der Waals surface area contributed by atoms with Crippen molar-refractivity contribution < 1.29 is 26.7 Å². The van der Waals surface area contributed by atoms with Crippen LogP contribution in [0.15, 0.2) is 0 Å². The Balaban J connectivity index is 2.79. The van der Waals surface area contributed by atoms with Gasteiger partial charge in [-0.15, -0.1) is 0 Å². The molecule has 1 aliphatic heterocycles. The molecule has 9 heteroatoms. The molecule has 0 spiro atoms. The smallest absolute Gasteiger partial charge is 0.321 e. The highest BCUT2D eigenvalue weighted by Gasteiger charge is 2.36. The van der Waals surface area contributed by atoms with Crippen LogP contribution in [0.4, 0.5) is 0 Å². The highest BCUT2D eigenvalue weighted by atomic mass is 32.2. The van der Waals surface area contributed by atoms with E-state index in [1.54, 1.807) is 13.8 Å². The molecular formula is C10H19NO6S2. The zero-order valence-corrected chi connectivity index (χ0v) is 12.5. The third-order valence-corrected chi connectivity index (χ3v) is 6.81. The monoisotopic (exact) mass is 313 g/mol. The van der Waals surface area contributed by atoms with Gasteiger partial charge in [0, 0.05) is 0 Å². The fraction of sp³-hybridized carbons (Fsp3) is 0.900. The molecule has 112 valence electrons. The van der Waals surface area contributed by atoms with Crippen molar-refractivity contribution >= 4 is 25.8 Å². The molecule has 19 heavy (non-hydrogen) atoms. The summed E-state index contributed by atoms with van der Waals surface area (Å²) in [5.41, 5.74) is 0. The zero-order chi connectivity index (χ0) is 14.8. The SMILES string of the molecule is CC(C)[C@H](NS(=O)(=O)C1CCS(=O)(=O)CC1)C(=O)O. The standard InChI is InChI=1S/C10H19NO6S2/c1-7(2)9(10(12)13)11-19(16,17)8-3-5-18(14,15)6-4-8/h7-9,11H,3-6H2,1-2H3,(H,12,13)/t9-/m0/s1. The van der Waals surface area contributed by atoms with Crippen LogP contribution in [0.5, 0.6) is 0 Å². The van der Waals surface area contributed by atoms with Crippen molar-refractivity contribution in [2.45, 2.75) is 38.0 Å². The van der Waals surface area contributed by atoms with Gasteiger partial charge in [-0.1, -0.05) is 13.8 Å². The minimum absolute atomic E-state index is 0.0160. The summed E-state index contributed by atoms with van der Waals surface area (Å²) in [5, 5.41) is 8.13. The Kier molecular flexibility index (Phi) is 4.97. The molecule has 1 atom stereocenters. The second-order valence-corrected chi connectivity index (χ2v) is 9.37. The molecule has 1 heterocycles. The summed E-state index contributed by atoms with van der Waals surface area (Å²) in [5.74, 6) is -1.96. The summed E-state index contributed by atoms with van der Waals surface area (Å²) in [6.07, 6.45) is 0.0319. The Hall–Kier alpha value is -0.670. The number of carboxylic acids is 1. The molecule has 0 unspecified atom stereocenters. The molecule has 1 fully saturated rings. The fourth-order valence-corrected chi connectivity index (χ4v) is 5.49. The number of carboxylic acid groups (broad SMARTS) is 1. The van der Waals surface area contributed by atoms with Crippen molar-refractivity contribution in [3.05, 3.63) is 0 Å². The number of hydrogen-bond acceptors (Lipinski definition) is 5. The Morgan fingerprint density at radius 2 is 1.74 bits per heavy atom. The fourth-order valence-electron chi connectivity index (χ4n) is 1.92. The summed E-state index contributed by atoms with van der Waals surface area (Å²) in [6.45, 7) is 3.21. The van der Waals surface area contributed by atoms with Crippen molar-refractivity contribution in [2.75, 3.05) is 11.5 Å². The average Bonchev–Trinajstić information content (AvgIpc) is 2.24. The molecule has 0 aliphatic carbocycles. The van der Waals surface area contributed by atoms with E-state index in [-0.39, 0.29) is 30.3 Å². The third kappa shape index (κ3) is 4.43. The molecule has 1 rings (SSSR count). The van der Waals surface area contributed by atoms with Gasteiger partial charge in [-0.2, -0.15) is 0 Å². The van der Waals surface area contributed by atoms with E-state index >= 15 is 0 Å². The minimum atomic E-state index is -3.82. The van der Waals surface area contributed by atoms with Crippen molar-refractivity contribution in [3.63, 3.8) is 0 Å². The Bertz CT molecular complexity index is 522. The number of sulfonamides is 1. The molecule has 0 bridgehead atoms. The Morgan fingerprint density at radius 1 is 1.26 bits per heavy atom. The summed E-state index contributed by atoms with van der Waals surface area (Å²) < 4.78 is 48.8. The van der Waals surface area contributed by atoms with Crippen LogP contribution in [0.2, 0.25) is 0 Å². The molecule has 0 radical (unpaired) electrons. The lowest BCUT2D eigenvalue weighted by atomic mass is 10.1. The van der Waals surface area contributed by atoms with Gasteiger partial charge in [0.05, 0.1) is 16.8 Å². The number of rotatable bonds is 5. The molecular weight excluding hydrogens is 294 g/mol. The van der Waals surface area contributed by atoms with Crippen LogP contribution >= 0.6 is 0 Å². The average molecular weight is 313 g/mol. The first kappa shape index (κ1) is 16.4. The van der Waals surface area contributed by atoms with Gasteiger partial charge in [0.1, 0.15) is 15.9 Å². The van der Waals surface area contributed by atoms with Crippen LogP contribution in [0.3, 0.4) is 0 Å². The summed E-state index contributed by atoms with van der Waals surface area (Å²) in [6, 6.07) is -1.19. The lowest BCUT2D eigenvalue weighted by Gasteiger charge is -2.25. The van der Waals surface area contributed by atoms with Crippen LogP contribution in [0.25, 0.3) is 0 Å². The lowest BCUT2D eigenvalue weighted by Crippen LogP contribution is -2.49. The number of sulfone groups is 1. The molecule has 1 aliphatic rings. The maximum absolute atomic E-state index is 12.0. The Morgan fingerprint density at radius 3 is 2.11 bits per heavy atom. The van der Waals surface area contributed by atoms with Gasteiger partial charge >= 0.3 is 5.97 Å². The van der Waals surface area contributed by atoms with Crippen LogP contribution in [0.1, 0.15) is 26.7 Å². The molecule has 0 amide bonds. The summed E-state index contributed by atoms with van der Waals surface area (Å²) in [7, 11) is -6.96. The molecule has 0 aromatic carbocycles. The summed E-state index contributed by atoms with van der Waals surface area (Å²) >= 11 is 0. The predicted octanol–water partition coefficient (Wildman–Crippen LogP) is -0.408. The quantitative estimate of drug-likeness (QED) is 0.712. The van der Waals surface area contributed by atoms with Crippen LogP contribution in [0, 0.1) is 5.92 Å². The van der Waals surface area contributed by atoms with E-state index < -0.39 is 37.1 Å². The van der Waals surface area contributed by atoms with Gasteiger partial charge in [0.2, 0.25) is 10.0 Å². The van der Waals surface area contributed by atoms with E-state index in [0.717, 1.165) is 0 Å². The van der Waals surface area contributed by atoms with E-state index in [2.05, 4.69) is 4.72 Å². The lowest BCUT2D eigenvalue weighted by molar-refractivity contribution is -0.140. The van der Waals surface area contributed by atoms with Crippen molar-refractivity contribution in [1.82, 2.24) is 4.72 Å². The van der Waals surface area contributed by atoms with Crippen LogP contribution < -0.4 is 4.72 Å². The van der Waals surface area contributed by atoms with E-state index in [1.165, 1.54) is 0 Å². The topological polar surface area (TPSA) is 118 Å². The van der Waals surface area contributed by atoms with Crippen molar-refractivity contribution in [2.24, 2.45) is 5.92 Å². The van der Waals surface area contributed by atoms with Gasteiger partial charge in [0.25, 0.3) is 0 Å². The van der Waals surface area contributed by atoms with Crippen molar-refractivity contribution in [1.29, 1.82) is 0 Å². The van der Waals surface area contributed by atoms with Gasteiger partial charge < -0.3 is 5.11 Å². The second-order valence-electron chi connectivity index (χ2n) is 5.07. The number of aliphatic carboxylic acids is 1. The summed E-state index contributed by atoms with van der Waals surface area (Å²) in [4.78, 5) is 11.0. The highest BCUT2D eigenvalue weighted by Crippen LogP contribution is 2.19. The molecule has 2 N–H and O–H groups in total. The van der Waals surface area contributed by atoms with E-state index in [1.807, 2.05) is 0 Å². The molecule has 1 saturated heterocycles. The molecule has 0 saturated carbocycles. The van der Waals surface area contributed by atoms with E-state index in [0.29, 0.717) is 0 Å². The Labute approximate surface area is 113 Å². The molecule has 7 nitrogen and oxygen atoms in total. The number of nitrogens with one attached hydrogen (secondary N) is 1. The second kappa shape index (κ2) is 5.76. The first-order valence-corrected chi connectivity index (χ1v) is 9.36. The maximum Gasteiger partial charge on any atom is 0.321 e. The van der Waals surface area contributed by atoms with Crippen molar-refractivity contribution in [3.8, 4) is 0 Å². The van der Waals surface area contributed by atoms with Gasteiger partial charge in [-0.05, 0) is 18.8 Å². The van der Waals surface area contributed by atoms with E-state index in [4.69, 9.17) is 5.11 Å². The number of carbonyl (C=O) groups is 1. The van der Waals surface area contributed by atoms with Gasteiger partial charge in [-0.25, -0.2) is 21.6 Å². The van der Waals surface area contributed by atoms with Gasteiger partial charge in [0.15, 0.2) is 0 Å². The van der Waals surface area contributed by atoms with Crippen LogP contribution in [-0.2, 0) is 24.7 Å². The predicted molar refractivity (Wildman–Crippen MR) is 70.0 cm³/mol. The normalized spacial score (nSPS) is 22.3. The highest BCUT2D eigenvalue weighted by molar-refractivity contribution is 7.92. The van der Waals surface area contributed by atoms with Crippen LogP contribution in [-0.4, -0.2) is 50.7 Å². The maximum atomic E-state index is 12.0. The first-order valence-electron chi connectivity index (χ1n) is 5.99. The minimum Gasteiger partial charge on any atom is -0.480 e. The molecule has 0 aromatic rings.